The maximum Gasteiger partial charge on any atom is 0.213 e. The third kappa shape index (κ3) is 4.10. The Kier molecular flexibility index (Phi) is 4.74. The molecule has 0 aromatic rings. The van der Waals surface area contributed by atoms with Gasteiger partial charge in [0.1, 0.15) is 0 Å². The lowest BCUT2D eigenvalue weighted by atomic mass is 10.2. The van der Waals surface area contributed by atoms with Crippen LogP contribution in [0.15, 0.2) is 11.8 Å². The standard InChI is InChI=1S/C11H22OSi/c1-3-4-5-7-10-13(2)11-8-6-9-12-13/h7,10H,3-6,8-9,11H2,1-2H3. The Morgan fingerprint density at radius 1 is 1.38 bits per heavy atom. The zero-order valence-corrected chi connectivity index (χ0v) is 10.0. The Morgan fingerprint density at radius 2 is 2.23 bits per heavy atom. The fraction of sp³-hybridized carbons (Fsp3) is 0.818. The summed E-state index contributed by atoms with van der Waals surface area (Å²) >= 11 is 0. The van der Waals surface area contributed by atoms with Crippen LogP contribution in [0.25, 0.3) is 0 Å². The molecule has 0 saturated carbocycles. The summed E-state index contributed by atoms with van der Waals surface area (Å²) in [5.74, 6) is 0. The van der Waals surface area contributed by atoms with Crippen LogP contribution in [0.3, 0.4) is 0 Å². The van der Waals surface area contributed by atoms with Gasteiger partial charge in [-0.1, -0.05) is 38.0 Å². The van der Waals surface area contributed by atoms with Crippen LogP contribution in [0, 0.1) is 0 Å². The second-order valence-corrected chi connectivity index (χ2v) is 7.91. The van der Waals surface area contributed by atoms with E-state index in [2.05, 4.69) is 25.2 Å². The number of hydrogen-bond acceptors (Lipinski definition) is 1. The van der Waals surface area contributed by atoms with Crippen molar-refractivity contribution < 1.29 is 4.43 Å². The molecule has 0 amide bonds. The van der Waals surface area contributed by atoms with E-state index in [-0.39, 0.29) is 0 Å². The molecule has 0 N–H and O–H groups in total. The average molecular weight is 198 g/mol. The van der Waals surface area contributed by atoms with E-state index in [0.717, 1.165) is 6.61 Å². The van der Waals surface area contributed by atoms with Crippen molar-refractivity contribution >= 4 is 8.32 Å². The van der Waals surface area contributed by atoms with Gasteiger partial charge < -0.3 is 4.43 Å². The van der Waals surface area contributed by atoms with Crippen LogP contribution in [0.4, 0.5) is 0 Å². The summed E-state index contributed by atoms with van der Waals surface area (Å²) in [5.41, 5.74) is 2.40. The van der Waals surface area contributed by atoms with Gasteiger partial charge in [0.15, 0.2) is 0 Å². The van der Waals surface area contributed by atoms with E-state index in [0.29, 0.717) is 0 Å². The quantitative estimate of drug-likeness (QED) is 0.495. The van der Waals surface area contributed by atoms with E-state index < -0.39 is 8.32 Å². The first-order valence-corrected chi connectivity index (χ1v) is 8.28. The largest absolute Gasteiger partial charge is 0.413 e. The fourth-order valence-electron chi connectivity index (χ4n) is 1.74. The molecule has 0 aliphatic carbocycles. The van der Waals surface area contributed by atoms with Gasteiger partial charge in [0.2, 0.25) is 8.32 Å². The fourth-order valence-corrected chi connectivity index (χ4v) is 4.38. The third-order valence-corrected chi connectivity index (χ3v) is 5.84. The first-order chi connectivity index (χ1) is 6.27. The molecule has 0 aromatic heterocycles. The number of hydrogen-bond donors (Lipinski definition) is 0. The Morgan fingerprint density at radius 3 is 2.85 bits per heavy atom. The van der Waals surface area contributed by atoms with E-state index in [4.69, 9.17) is 4.43 Å². The average Bonchev–Trinajstić information content (AvgIpc) is 2.14. The first kappa shape index (κ1) is 11.0. The molecule has 1 fully saturated rings. The van der Waals surface area contributed by atoms with Crippen molar-refractivity contribution in [1.82, 2.24) is 0 Å². The molecule has 0 spiro atoms. The molecule has 1 heterocycles. The smallest absolute Gasteiger partial charge is 0.213 e. The van der Waals surface area contributed by atoms with Gasteiger partial charge in [-0.15, -0.1) is 0 Å². The monoisotopic (exact) mass is 198 g/mol. The van der Waals surface area contributed by atoms with Crippen LogP contribution in [-0.2, 0) is 4.43 Å². The summed E-state index contributed by atoms with van der Waals surface area (Å²) < 4.78 is 5.90. The van der Waals surface area contributed by atoms with Crippen LogP contribution in [0.5, 0.6) is 0 Å². The lowest BCUT2D eigenvalue weighted by Gasteiger charge is -2.28. The summed E-state index contributed by atoms with van der Waals surface area (Å²) in [6.07, 6.45) is 8.85. The third-order valence-electron chi connectivity index (χ3n) is 2.69. The maximum atomic E-state index is 5.90. The molecule has 1 atom stereocenters. The van der Waals surface area contributed by atoms with Crippen LogP contribution in [0.2, 0.25) is 12.6 Å². The number of unbranched alkanes of at least 4 members (excludes halogenated alkanes) is 2. The van der Waals surface area contributed by atoms with Crippen LogP contribution in [-0.4, -0.2) is 14.9 Å². The first-order valence-electron chi connectivity index (χ1n) is 5.58. The van der Waals surface area contributed by atoms with Gasteiger partial charge in [-0.05, 0) is 25.4 Å². The molecule has 1 saturated heterocycles. The van der Waals surface area contributed by atoms with Crippen molar-refractivity contribution in [3.8, 4) is 0 Å². The maximum absolute atomic E-state index is 5.90. The van der Waals surface area contributed by atoms with E-state index in [1.807, 2.05) is 0 Å². The van der Waals surface area contributed by atoms with Gasteiger partial charge in [-0.25, -0.2) is 0 Å². The highest BCUT2D eigenvalue weighted by Gasteiger charge is 2.27. The summed E-state index contributed by atoms with van der Waals surface area (Å²) in [6, 6.07) is 1.33. The summed E-state index contributed by atoms with van der Waals surface area (Å²) in [4.78, 5) is 0. The van der Waals surface area contributed by atoms with Crippen molar-refractivity contribution in [2.75, 3.05) is 6.61 Å². The summed E-state index contributed by atoms with van der Waals surface area (Å²) in [7, 11) is -1.37. The van der Waals surface area contributed by atoms with Crippen molar-refractivity contribution in [3.63, 3.8) is 0 Å². The number of allylic oxidation sites excluding steroid dienone is 1. The lowest BCUT2D eigenvalue weighted by molar-refractivity contribution is 0.278. The molecule has 1 rings (SSSR count). The second-order valence-electron chi connectivity index (χ2n) is 4.16. The molecular formula is C11H22OSi. The molecule has 13 heavy (non-hydrogen) atoms. The minimum atomic E-state index is -1.37. The molecular weight excluding hydrogens is 176 g/mol. The van der Waals surface area contributed by atoms with Crippen molar-refractivity contribution in [3.05, 3.63) is 11.8 Å². The molecule has 2 heteroatoms. The molecule has 1 unspecified atom stereocenters. The van der Waals surface area contributed by atoms with Gasteiger partial charge in [0.05, 0.1) is 0 Å². The molecule has 0 radical (unpaired) electrons. The van der Waals surface area contributed by atoms with Crippen molar-refractivity contribution in [2.24, 2.45) is 0 Å². The van der Waals surface area contributed by atoms with Gasteiger partial charge in [0, 0.05) is 6.61 Å². The highest BCUT2D eigenvalue weighted by Crippen LogP contribution is 2.22. The minimum absolute atomic E-state index is 1.00. The molecule has 1 aliphatic rings. The second kappa shape index (κ2) is 5.61. The minimum Gasteiger partial charge on any atom is -0.413 e. The van der Waals surface area contributed by atoms with E-state index >= 15 is 0 Å². The normalized spacial score (nSPS) is 29.7. The summed E-state index contributed by atoms with van der Waals surface area (Å²) in [6.45, 7) is 5.58. The Bertz CT molecular complexity index is 159. The molecule has 1 nitrogen and oxygen atoms in total. The lowest BCUT2D eigenvalue weighted by Crippen LogP contribution is -2.35. The Balaban J connectivity index is 2.27. The Labute approximate surface area is 83.3 Å². The van der Waals surface area contributed by atoms with E-state index in [1.165, 1.54) is 38.1 Å². The Hall–Kier alpha value is -0.0831. The van der Waals surface area contributed by atoms with Gasteiger partial charge in [-0.3, -0.25) is 0 Å². The van der Waals surface area contributed by atoms with Crippen molar-refractivity contribution in [2.45, 2.75) is 51.6 Å². The van der Waals surface area contributed by atoms with Gasteiger partial charge in [-0.2, -0.15) is 0 Å². The van der Waals surface area contributed by atoms with Gasteiger partial charge >= 0.3 is 0 Å². The molecule has 76 valence electrons. The predicted molar refractivity (Wildman–Crippen MR) is 60.3 cm³/mol. The highest BCUT2D eigenvalue weighted by atomic mass is 28.4. The topological polar surface area (TPSA) is 9.23 Å². The van der Waals surface area contributed by atoms with Crippen LogP contribution < -0.4 is 0 Å². The zero-order valence-electron chi connectivity index (χ0n) is 9.01. The van der Waals surface area contributed by atoms with Crippen molar-refractivity contribution in [1.29, 1.82) is 0 Å². The highest BCUT2D eigenvalue weighted by molar-refractivity contribution is 6.77. The SMILES string of the molecule is CCCCC=C[Si]1(C)CCCCO1. The molecule has 0 aromatic carbocycles. The van der Waals surface area contributed by atoms with Crippen LogP contribution >= 0.6 is 0 Å². The molecule has 1 aliphatic heterocycles. The number of rotatable bonds is 4. The van der Waals surface area contributed by atoms with E-state index in [9.17, 15) is 0 Å². The zero-order chi connectivity index (χ0) is 9.57. The summed E-state index contributed by atoms with van der Waals surface area (Å²) in [5, 5.41) is 0. The van der Waals surface area contributed by atoms with E-state index in [1.54, 1.807) is 0 Å². The predicted octanol–water partition coefficient (Wildman–Crippen LogP) is 3.66. The molecule has 0 bridgehead atoms. The van der Waals surface area contributed by atoms with Gasteiger partial charge in [0.25, 0.3) is 0 Å². The van der Waals surface area contributed by atoms with Crippen LogP contribution in [0.1, 0.15) is 39.0 Å².